The van der Waals surface area contributed by atoms with Crippen LogP contribution in [0.5, 0.6) is 0 Å². The number of carbonyl (C=O) groups is 1. The molecule has 0 spiro atoms. The number of fused-ring (bicyclic) bond motifs is 1. The Kier molecular flexibility index (Phi) is 4.76. The standard InChI is InChI=1S/C16H12BrClN2OS/c17-10-5-6-12(18)11(9-10)16(21)19-8-7-15-20-13-3-1-2-4-14(13)22-15/h1-6,9H,7-8H2,(H,19,21). The highest BCUT2D eigenvalue weighted by Crippen LogP contribution is 2.22. The van der Waals surface area contributed by atoms with Crippen molar-refractivity contribution in [2.24, 2.45) is 0 Å². The van der Waals surface area contributed by atoms with Crippen molar-refractivity contribution in [2.45, 2.75) is 6.42 Å². The fourth-order valence-electron chi connectivity index (χ4n) is 2.08. The fourth-order valence-corrected chi connectivity index (χ4v) is 3.61. The maximum absolute atomic E-state index is 12.1. The SMILES string of the molecule is O=C(NCCc1nc2ccccc2s1)c1cc(Br)ccc1Cl. The molecule has 0 aliphatic heterocycles. The second kappa shape index (κ2) is 6.77. The molecular weight excluding hydrogens is 384 g/mol. The van der Waals surface area contributed by atoms with E-state index in [0.717, 1.165) is 15.0 Å². The van der Waals surface area contributed by atoms with Crippen LogP contribution >= 0.6 is 38.9 Å². The summed E-state index contributed by atoms with van der Waals surface area (Å²) in [5.74, 6) is -0.174. The minimum absolute atomic E-state index is 0.174. The topological polar surface area (TPSA) is 42.0 Å². The van der Waals surface area contributed by atoms with E-state index in [0.29, 0.717) is 23.6 Å². The van der Waals surface area contributed by atoms with Gasteiger partial charge < -0.3 is 5.32 Å². The lowest BCUT2D eigenvalue weighted by Gasteiger charge is -2.06. The van der Waals surface area contributed by atoms with E-state index in [2.05, 4.69) is 32.3 Å². The maximum Gasteiger partial charge on any atom is 0.252 e. The predicted molar refractivity (Wildman–Crippen MR) is 94.8 cm³/mol. The summed E-state index contributed by atoms with van der Waals surface area (Å²) in [4.78, 5) is 16.7. The van der Waals surface area contributed by atoms with Crippen molar-refractivity contribution in [1.82, 2.24) is 10.3 Å². The van der Waals surface area contributed by atoms with E-state index < -0.39 is 0 Å². The van der Waals surface area contributed by atoms with Crippen molar-refractivity contribution < 1.29 is 4.79 Å². The number of thiazole rings is 1. The molecule has 0 aliphatic rings. The van der Waals surface area contributed by atoms with Gasteiger partial charge in [0.2, 0.25) is 0 Å². The number of nitrogens with zero attached hydrogens (tertiary/aromatic N) is 1. The average molecular weight is 396 g/mol. The number of aromatic nitrogens is 1. The number of para-hydroxylation sites is 1. The first-order valence-corrected chi connectivity index (χ1v) is 8.70. The number of nitrogens with one attached hydrogen (secondary N) is 1. The molecule has 22 heavy (non-hydrogen) atoms. The van der Waals surface area contributed by atoms with Crippen molar-refractivity contribution in [3.05, 3.63) is 62.5 Å². The molecule has 0 saturated heterocycles. The van der Waals surface area contributed by atoms with E-state index >= 15 is 0 Å². The van der Waals surface area contributed by atoms with E-state index in [4.69, 9.17) is 11.6 Å². The summed E-state index contributed by atoms with van der Waals surface area (Å²) in [5, 5.41) is 4.34. The van der Waals surface area contributed by atoms with Crippen LogP contribution in [0.25, 0.3) is 10.2 Å². The quantitative estimate of drug-likeness (QED) is 0.696. The first-order chi connectivity index (χ1) is 10.6. The van der Waals surface area contributed by atoms with Crippen molar-refractivity contribution in [1.29, 1.82) is 0 Å². The molecule has 0 radical (unpaired) electrons. The first kappa shape index (κ1) is 15.5. The summed E-state index contributed by atoms with van der Waals surface area (Å²) in [5.41, 5.74) is 1.48. The van der Waals surface area contributed by atoms with Crippen molar-refractivity contribution in [3.8, 4) is 0 Å². The summed E-state index contributed by atoms with van der Waals surface area (Å²) in [6, 6.07) is 13.2. The number of benzene rings is 2. The Labute approximate surface area is 145 Å². The highest BCUT2D eigenvalue weighted by Gasteiger charge is 2.11. The summed E-state index contributed by atoms with van der Waals surface area (Å²) in [6.45, 7) is 0.529. The second-order valence-electron chi connectivity index (χ2n) is 4.71. The lowest BCUT2D eigenvalue weighted by atomic mass is 10.2. The Morgan fingerprint density at radius 1 is 1.27 bits per heavy atom. The van der Waals surface area contributed by atoms with Crippen LogP contribution in [0.1, 0.15) is 15.4 Å². The predicted octanol–water partition coefficient (Wildman–Crippen LogP) is 4.68. The highest BCUT2D eigenvalue weighted by molar-refractivity contribution is 9.10. The van der Waals surface area contributed by atoms with Gasteiger partial charge in [-0.05, 0) is 30.3 Å². The molecule has 0 aliphatic carbocycles. The van der Waals surface area contributed by atoms with Gasteiger partial charge in [-0.2, -0.15) is 0 Å². The molecule has 1 N–H and O–H groups in total. The van der Waals surface area contributed by atoms with Crippen LogP contribution in [0.3, 0.4) is 0 Å². The molecular formula is C16H12BrClN2OS. The van der Waals surface area contributed by atoms with Crippen molar-refractivity contribution in [2.75, 3.05) is 6.54 Å². The zero-order chi connectivity index (χ0) is 15.5. The molecule has 0 atom stereocenters. The molecule has 0 unspecified atom stereocenters. The fraction of sp³-hybridized carbons (Fsp3) is 0.125. The summed E-state index contributed by atoms with van der Waals surface area (Å²) in [7, 11) is 0. The van der Waals surface area contributed by atoms with Crippen LogP contribution in [-0.4, -0.2) is 17.4 Å². The Morgan fingerprint density at radius 3 is 2.91 bits per heavy atom. The van der Waals surface area contributed by atoms with E-state index in [1.54, 1.807) is 29.5 Å². The third-order valence-electron chi connectivity index (χ3n) is 3.14. The number of hydrogen-bond donors (Lipinski definition) is 1. The van der Waals surface area contributed by atoms with E-state index in [9.17, 15) is 4.79 Å². The van der Waals surface area contributed by atoms with Gasteiger partial charge in [0.15, 0.2) is 0 Å². The van der Waals surface area contributed by atoms with Gasteiger partial charge in [0.05, 0.1) is 25.8 Å². The summed E-state index contributed by atoms with van der Waals surface area (Å²) >= 11 is 11.0. The minimum Gasteiger partial charge on any atom is -0.352 e. The zero-order valence-electron chi connectivity index (χ0n) is 11.5. The highest BCUT2D eigenvalue weighted by atomic mass is 79.9. The van der Waals surface area contributed by atoms with Crippen LogP contribution in [0.2, 0.25) is 5.02 Å². The molecule has 3 aromatic rings. The molecule has 3 rings (SSSR count). The van der Waals surface area contributed by atoms with Gasteiger partial charge in [-0.3, -0.25) is 4.79 Å². The van der Waals surface area contributed by atoms with Crippen LogP contribution < -0.4 is 5.32 Å². The second-order valence-corrected chi connectivity index (χ2v) is 7.14. The van der Waals surface area contributed by atoms with Gasteiger partial charge in [0, 0.05) is 17.4 Å². The van der Waals surface area contributed by atoms with Gasteiger partial charge in [0.25, 0.3) is 5.91 Å². The minimum atomic E-state index is -0.174. The molecule has 1 aromatic heterocycles. The summed E-state index contributed by atoms with van der Waals surface area (Å²) < 4.78 is 1.99. The summed E-state index contributed by atoms with van der Waals surface area (Å²) in [6.07, 6.45) is 0.705. The molecule has 3 nitrogen and oxygen atoms in total. The number of rotatable bonds is 4. The largest absolute Gasteiger partial charge is 0.352 e. The molecule has 112 valence electrons. The van der Waals surface area contributed by atoms with Crippen LogP contribution in [0.15, 0.2) is 46.9 Å². The molecule has 6 heteroatoms. The van der Waals surface area contributed by atoms with Gasteiger partial charge in [-0.25, -0.2) is 4.98 Å². The monoisotopic (exact) mass is 394 g/mol. The average Bonchev–Trinajstić information content (AvgIpc) is 2.92. The van der Waals surface area contributed by atoms with Crippen LogP contribution in [0.4, 0.5) is 0 Å². The lowest BCUT2D eigenvalue weighted by molar-refractivity contribution is 0.0954. The van der Waals surface area contributed by atoms with E-state index in [1.807, 2.05) is 18.2 Å². The van der Waals surface area contributed by atoms with E-state index in [-0.39, 0.29) is 5.91 Å². The number of halogens is 2. The molecule has 0 bridgehead atoms. The number of carbonyl (C=O) groups excluding carboxylic acids is 1. The smallest absolute Gasteiger partial charge is 0.252 e. The Hall–Kier alpha value is -1.43. The Bertz CT molecular complexity index is 801. The Morgan fingerprint density at radius 2 is 2.09 bits per heavy atom. The van der Waals surface area contributed by atoms with E-state index in [1.165, 1.54) is 4.70 Å². The molecule has 1 heterocycles. The number of hydrogen-bond acceptors (Lipinski definition) is 3. The van der Waals surface area contributed by atoms with Gasteiger partial charge in [-0.15, -0.1) is 11.3 Å². The number of amides is 1. The van der Waals surface area contributed by atoms with Crippen molar-refractivity contribution >= 4 is 55.0 Å². The van der Waals surface area contributed by atoms with Crippen LogP contribution in [0, 0.1) is 0 Å². The molecule has 0 fully saturated rings. The van der Waals surface area contributed by atoms with Gasteiger partial charge in [0.1, 0.15) is 0 Å². The van der Waals surface area contributed by atoms with Crippen molar-refractivity contribution in [3.63, 3.8) is 0 Å². The lowest BCUT2D eigenvalue weighted by Crippen LogP contribution is -2.25. The third-order valence-corrected chi connectivity index (χ3v) is 5.05. The third kappa shape index (κ3) is 3.48. The Balaban J connectivity index is 1.62. The maximum atomic E-state index is 12.1. The molecule has 1 amide bonds. The first-order valence-electron chi connectivity index (χ1n) is 6.71. The zero-order valence-corrected chi connectivity index (χ0v) is 14.6. The molecule has 2 aromatic carbocycles. The van der Waals surface area contributed by atoms with Crippen LogP contribution in [-0.2, 0) is 6.42 Å². The van der Waals surface area contributed by atoms with Gasteiger partial charge in [-0.1, -0.05) is 39.7 Å². The molecule has 0 saturated carbocycles. The van der Waals surface area contributed by atoms with Gasteiger partial charge >= 0.3 is 0 Å². The normalized spacial score (nSPS) is 10.8.